The minimum absolute atomic E-state index is 0.368. The highest BCUT2D eigenvalue weighted by atomic mass is 16.4. The molecule has 0 saturated heterocycles. The third kappa shape index (κ3) is 34.5. The van der Waals surface area contributed by atoms with E-state index in [4.69, 9.17) is 32.5 Å². The molecule has 3 aliphatic rings. The van der Waals surface area contributed by atoms with Crippen molar-refractivity contribution in [3.63, 3.8) is 0 Å². The quantitative estimate of drug-likeness (QED) is 0.0372. The lowest BCUT2D eigenvalue weighted by molar-refractivity contribution is 0.0696. The average molecular weight is 971 g/mol. The maximum absolute atomic E-state index is 10.6. The first-order chi connectivity index (χ1) is 33.4. The molecule has 0 spiro atoms. The lowest BCUT2D eigenvalue weighted by atomic mass is 9.78. The second kappa shape index (κ2) is 44.2. The van der Waals surface area contributed by atoms with Gasteiger partial charge in [-0.1, -0.05) is 252 Å². The predicted octanol–water partition coefficient (Wildman–Crippen LogP) is 16.6. The molecule has 3 aliphatic carbocycles. The van der Waals surface area contributed by atoms with Gasteiger partial charge in [-0.05, 0) is 92.6 Å². The molecule has 0 bridgehead atoms. The van der Waals surface area contributed by atoms with Crippen molar-refractivity contribution in [1.29, 1.82) is 0 Å². The van der Waals surface area contributed by atoms with Gasteiger partial charge in [0.15, 0.2) is 0 Å². The van der Waals surface area contributed by atoms with Gasteiger partial charge in [-0.25, -0.2) is 14.4 Å². The highest BCUT2D eigenvalue weighted by Gasteiger charge is 2.22. The van der Waals surface area contributed by atoms with E-state index in [1.54, 1.807) is 0 Å². The Labute approximate surface area is 424 Å². The van der Waals surface area contributed by atoms with E-state index >= 15 is 0 Å². The monoisotopic (exact) mass is 970 g/mol. The van der Waals surface area contributed by atoms with E-state index in [9.17, 15) is 14.4 Å². The highest BCUT2D eigenvalue weighted by Crippen LogP contribution is 2.35. The highest BCUT2D eigenvalue weighted by molar-refractivity contribution is 5.98. The molecular formula is C60H111N3O6. The minimum Gasteiger partial charge on any atom is -0.478 e. The molecule has 0 radical (unpaired) electrons. The molecule has 9 N–H and O–H groups in total. The van der Waals surface area contributed by atoms with Crippen molar-refractivity contribution < 1.29 is 29.7 Å². The summed E-state index contributed by atoms with van der Waals surface area (Å²) in [7, 11) is 0. The maximum Gasteiger partial charge on any atom is 0.335 e. The number of aromatic carboxylic acids is 3. The van der Waals surface area contributed by atoms with Crippen molar-refractivity contribution in [3.8, 4) is 0 Å². The Morgan fingerprint density at radius 2 is 0.536 bits per heavy atom. The number of unbranched alkanes of at least 4 members (excludes halogenated alkanes) is 21. The fourth-order valence-electron chi connectivity index (χ4n) is 11.3. The number of rotatable bonds is 33. The third-order valence-corrected chi connectivity index (χ3v) is 16.1. The number of benzene rings is 1. The summed E-state index contributed by atoms with van der Waals surface area (Å²) in [4.78, 5) is 31.7. The zero-order chi connectivity index (χ0) is 50.7. The van der Waals surface area contributed by atoms with Crippen molar-refractivity contribution in [2.45, 2.75) is 271 Å². The fraction of sp³-hybridized carbons (Fsp3) is 0.850. The molecule has 6 atom stereocenters. The Morgan fingerprint density at radius 1 is 0.348 bits per heavy atom. The van der Waals surface area contributed by atoms with Gasteiger partial charge in [0.1, 0.15) is 0 Å². The van der Waals surface area contributed by atoms with Gasteiger partial charge in [0.05, 0.1) is 16.7 Å². The van der Waals surface area contributed by atoms with Gasteiger partial charge in [0.25, 0.3) is 0 Å². The molecule has 9 heteroatoms. The van der Waals surface area contributed by atoms with Crippen LogP contribution in [0.4, 0.5) is 0 Å². The SMILES string of the molecule is CC1CCCCC1CCCCCCCCCCN.CC1CCCCC1CCCCCCCCCCN.CC1CCCCC1CCCCCCCCCCN.O=C(O)c1cc(C(=O)O)cc(C(=O)O)c1. The van der Waals surface area contributed by atoms with E-state index in [1.165, 1.54) is 250 Å². The van der Waals surface area contributed by atoms with Gasteiger partial charge in [-0.2, -0.15) is 0 Å². The molecule has 4 rings (SSSR count). The minimum atomic E-state index is -1.37. The molecule has 0 heterocycles. The van der Waals surface area contributed by atoms with Gasteiger partial charge in [-0.15, -0.1) is 0 Å². The van der Waals surface area contributed by atoms with Crippen LogP contribution in [0, 0.1) is 35.5 Å². The molecule has 0 aliphatic heterocycles. The van der Waals surface area contributed by atoms with E-state index in [2.05, 4.69) is 20.8 Å². The van der Waals surface area contributed by atoms with E-state index in [0.29, 0.717) is 0 Å². The molecule has 0 aromatic heterocycles. The van der Waals surface area contributed by atoms with Crippen molar-refractivity contribution in [1.82, 2.24) is 0 Å². The van der Waals surface area contributed by atoms with Gasteiger partial charge in [0.2, 0.25) is 0 Å². The second-order valence-corrected chi connectivity index (χ2v) is 22.0. The number of carboxylic acid groups (broad SMARTS) is 3. The van der Waals surface area contributed by atoms with Crippen LogP contribution in [0.25, 0.3) is 0 Å². The van der Waals surface area contributed by atoms with Crippen LogP contribution in [0.15, 0.2) is 18.2 Å². The van der Waals surface area contributed by atoms with Gasteiger partial charge < -0.3 is 32.5 Å². The van der Waals surface area contributed by atoms with Crippen LogP contribution < -0.4 is 17.2 Å². The Balaban J connectivity index is 0.000000461. The Hall–Kier alpha value is -2.49. The molecule has 6 unspecified atom stereocenters. The maximum atomic E-state index is 10.6. The molecule has 402 valence electrons. The van der Waals surface area contributed by atoms with Gasteiger partial charge in [0, 0.05) is 0 Å². The zero-order valence-electron chi connectivity index (χ0n) is 45.2. The van der Waals surface area contributed by atoms with Crippen molar-refractivity contribution >= 4 is 17.9 Å². The molecule has 0 amide bonds. The lowest BCUT2D eigenvalue weighted by Gasteiger charge is -2.28. The molecule has 3 saturated carbocycles. The van der Waals surface area contributed by atoms with Crippen LogP contribution in [-0.2, 0) is 0 Å². The zero-order valence-corrected chi connectivity index (χ0v) is 45.2. The Bertz CT molecular complexity index is 1220. The lowest BCUT2D eigenvalue weighted by Crippen LogP contribution is -2.16. The van der Waals surface area contributed by atoms with E-state index < -0.39 is 17.9 Å². The number of hydrogen-bond donors (Lipinski definition) is 6. The van der Waals surface area contributed by atoms with Crippen LogP contribution in [0.1, 0.15) is 302 Å². The molecule has 9 nitrogen and oxygen atoms in total. The van der Waals surface area contributed by atoms with Crippen LogP contribution in [0.3, 0.4) is 0 Å². The van der Waals surface area contributed by atoms with E-state index in [-0.39, 0.29) is 16.7 Å². The van der Waals surface area contributed by atoms with Crippen molar-refractivity contribution in [2.75, 3.05) is 19.6 Å². The molecule has 1 aromatic carbocycles. The van der Waals surface area contributed by atoms with E-state index in [1.807, 2.05) is 0 Å². The van der Waals surface area contributed by atoms with Crippen LogP contribution >= 0.6 is 0 Å². The summed E-state index contributed by atoms with van der Waals surface area (Å²) in [5.74, 6) is 2.08. The van der Waals surface area contributed by atoms with Gasteiger partial charge >= 0.3 is 17.9 Å². The second-order valence-electron chi connectivity index (χ2n) is 22.0. The first kappa shape index (κ1) is 64.5. The first-order valence-corrected chi connectivity index (χ1v) is 29.4. The van der Waals surface area contributed by atoms with E-state index in [0.717, 1.165) is 73.3 Å². The van der Waals surface area contributed by atoms with Crippen molar-refractivity contribution in [3.05, 3.63) is 34.9 Å². The summed E-state index contributed by atoms with van der Waals surface area (Å²) in [5, 5.41) is 25.8. The number of carboxylic acids is 3. The number of nitrogens with two attached hydrogens (primary N) is 3. The van der Waals surface area contributed by atoms with Gasteiger partial charge in [-0.3, -0.25) is 0 Å². The topological polar surface area (TPSA) is 190 Å². The summed E-state index contributed by atoms with van der Waals surface area (Å²) in [6.45, 7) is 10.0. The smallest absolute Gasteiger partial charge is 0.335 e. The molecular weight excluding hydrogens is 859 g/mol. The summed E-state index contributed by atoms with van der Waals surface area (Å²) in [6.07, 6.45) is 56.3. The molecule has 69 heavy (non-hydrogen) atoms. The standard InChI is InChI=1S/3C17H35N.C9H6O6/c3*1-16-12-9-10-14-17(16)13-8-6-4-2-3-5-7-11-15-18;10-7(11)4-1-5(8(12)13)3-6(2-4)9(14)15/h3*16-17H,2-15,18H2,1H3;1-3H,(H,10,11)(H,12,13)(H,14,15). The average Bonchev–Trinajstić information content (AvgIpc) is 3.34. The summed E-state index contributed by atoms with van der Waals surface area (Å²) in [6, 6.07) is 2.70. The Kier molecular flexibility index (Phi) is 41.4. The normalized spacial score (nSPS) is 21.1. The molecule has 1 aromatic rings. The third-order valence-electron chi connectivity index (χ3n) is 16.1. The molecule has 3 fully saturated rings. The number of carbonyl (C=O) groups is 3. The predicted molar refractivity (Wildman–Crippen MR) is 293 cm³/mol. The van der Waals surface area contributed by atoms with Crippen molar-refractivity contribution in [2.24, 2.45) is 52.7 Å². The summed E-state index contributed by atoms with van der Waals surface area (Å²) >= 11 is 0. The fourth-order valence-corrected chi connectivity index (χ4v) is 11.3. The summed E-state index contributed by atoms with van der Waals surface area (Å²) < 4.78 is 0. The van der Waals surface area contributed by atoms with Crippen LogP contribution in [0.5, 0.6) is 0 Å². The first-order valence-electron chi connectivity index (χ1n) is 29.4. The van der Waals surface area contributed by atoms with Crippen LogP contribution in [-0.4, -0.2) is 52.9 Å². The largest absolute Gasteiger partial charge is 0.478 e. The summed E-state index contributed by atoms with van der Waals surface area (Å²) in [5.41, 5.74) is 15.4. The number of hydrogen-bond acceptors (Lipinski definition) is 6. The van der Waals surface area contributed by atoms with Crippen LogP contribution in [0.2, 0.25) is 0 Å². The Morgan fingerprint density at radius 3 is 0.725 bits per heavy atom.